The fraction of sp³-hybridized carbons (Fsp3) is 0.550. The molecule has 0 spiro atoms. The van der Waals surface area contributed by atoms with E-state index in [1.807, 2.05) is 0 Å². The molecule has 0 aliphatic carbocycles. The second-order valence-corrected chi connectivity index (χ2v) is 7.58. The number of amides is 1. The van der Waals surface area contributed by atoms with Crippen molar-refractivity contribution in [1.29, 1.82) is 0 Å². The maximum atomic E-state index is 12.7. The third-order valence-electron chi connectivity index (χ3n) is 5.74. The van der Waals surface area contributed by atoms with E-state index in [2.05, 4.69) is 14.8 Å². The number of aryl methyl sites for hydroxylation is 1. The second-order valence-electron chi connectivity index (χ2n) is 7.58. The van der Waals surface area contributed by atoms with Gasteiger partial charge in [-0.05, 0) is 49.9 Å². The van der Waals surface area contributed by atoms with Gasteiger partial charge in [0, 0.05) is 37.5 Å². The second kappa shape index (κ2) is 7.56. The summed E-state index contributed by atoms with van der Waals surface area (Å²) in [5, 5.41) is 8.79. The Kier molecular flexibility index (Phi) is 5.12. The fourth-order valence-electron chi connectivity index (χ4n) is 4.13. The topological polar surface area (TPSA) is 51.0 Å². The number of benzene rings is 1. The standard InChI is InChI=1S/C20H23F3N4O/c21-20(22,23)16-7-5-15(6-8-16)19(28)26-12-9-14(10-13-26)18-25-24-17-4-2-1-3-11-27(17)18/h5-8,14H,1-4,9-13H2. The van der Waals surface area contributed by atoms with Crippen LogP contribution in [0.4, 0.5) is 13.2 Å². The minimum absolute atomic E-state index is 0.216. The van der Waals surface area contributed by atoms with Gasteiger partial charge in [0.25, 0.3) is 5.91 Å². The SMILES string of the molecule is O=C(c1ccc(C(F)(F)F)cc1)N1CCC(c2nnc3n2CCCCC3)CC1. The molecule has 4 rings (SSSR count). The summed E-state index contributed by atoms with van der Waals surface area (Å²) in [6.07, 6.45) is 1.67. The molecule has 150 valence electrons. The normalized spacial score (nSPS) is 18.6. The van der Waals surface area contributed by atoms with Crippen molar-refractivity contribution in [2.24, 2.45) is 0 Å². The quantitative estimate of drug-likeness (QED) is 0.775. The van der Waals surface area contributed by atoms with Crippen LogP contribution < -0.4 is 0 Å². The Labute approximate surface area is 161 Å². The molecule has 0 atom stereocenters. The molecule has 1 saturated heterocycles. The maximum Gasteiger partial charge on any atom is 0.416 e. The highest BCUT2D eigenvalue weighted by atomic mass is 19.4. The third-order valence-corrected chi connectivity index (χ3v) is 5.74. The van der Waals surface area contributed by atoms with E-state index in [4.69, 9.17) is 0 Å². The summed E-state index contributed by atoms with van der Waals surface area (Å²) in [7, 11) is 0. The van der Waals surface area contributed by atoms with Crippen molar-refractivity contribution in [3.63, 3.8) is 0 Å². The molecule has 2 aliphatic rings. The van der Waals surface area contributed by atoms with Crippen molar-refractivity contribution in [2.45, 2.75) is 57.2 Å². The predicted octanol–water partition coefficient (Wildman–Crippen LogP) is 4.04. The van der Waals surface area contributed by atoms with E-state index in [1.165, 1.54) is 18.6 Å². The van der Waals surface area contributed by atoms with Crippen LogP contribution in [0.2, 0.25) is 0 Å². The molecule has 28 heavy (non-hydrogen) atoms. The number of rotatable bonds is 2. The molecule has 0 unspecified atom stereocenters. The number of carbonyl (C=O) groups is 1. The third kappa shape index (κ3) is 3.77. The Balaban J connectivity index is 1.40. The number of nitrogens with zero attached hydrogens (tertiary/aromatic N) is 4. The van der Waals surface area contributed by atoms with Gasteiger partial charge in [-0.2, -0.15) is 13.2 Å². The highest BCUT2D eigenvalue weighted by Crippen LogP contribution is 2.31. The molecule has 8 heteroatoms. The summed E-state index contributed by atoms with van der Waals surface area (Å²) < 4.78 is 40.3. The average Bonchev–Trinajstić information content (AvgIpc) is 2.95. The summed E-state index contributed by atoms with van der Waals surface area (Å²) in [5.74, 6) is 2.15. The highest BCUT2D eigenvalue weighted by Gasteiger charge is 2.31. The monoisotopic (exact) mass is 392 g/mol. The van der Waals surface area contributed by atoms with Gasteiger partial charge in [-0.15, -0.1) is 10.2 Å². The number of halogens is 3. The zero-order valence-electron chi connectivity index (χ0n) is 15.6. The number of carbonyl (C=O) groups excluding carboxylic acids is 1. The number of aromatic nitrogens is 3. The molecule has 0 bridgehead atoms. The minimum Gasteiger partial charge on any atom is -0.339 e. The van der Waals surface area contributed by atoms with Crippen LogP contribution in [-0.2, 0) is 19.1 Å². The molecule has 1 aromatic heterocycles. The molecule has 2 aliphatic heterocycles. The van der Waals surface area contributed by atoms with Gasteiger partial charge in [0.15, 0.2) is 0 Å². The smallest absolute Gasteiger partial charge is 0.339 e. The molecule has 3 heterocycles. The number of hydrogen-bond acceptors (Lipinski definition) is 3. The van der Waals surface area contributed by atoms with Crippen molar-refractivity contribution in [3.05, 3.63) is 47.0 Å². The molecule has 0 radical (unpaired) electrons. The molecule has 2 aromatic rings. The van der Waals surface area contributed by atoms with Crippen molar-refractivity contribution in [1.82, 2.24) is 19.7 Å². The van der Waals surface area contributed by atoms with Crippen LogP contribution >= 0.6 is 0 Å². The molecular weight excluding hydrogens is 369 g/mol. The lowest BCUT2D eigenvalue weighted by Crippen LogP contribution is -2.38. The highest BCUT2D eigenvalue weighted by molar-refractivity contribution is 5.94. The van der Waals surface area contributed by atoms with Crippen LogP contribution in [0.25, 0.3) is 0 Å². The number of piperidine rings is 1. The van der Waals surface area contributed by atoms with Crippen LogP contribution in [0, 0.1) is 0 Å². The fourth-order valence-corrected chi connectivity index (χ4v) is 4.13. The summed E-state index contributed by atoms with van der Waals surface area (Å²) in [5.41, 5.74) is -0.446. The van der Waals surface area contributed by atoms with E-state index in [9.17, 15) is 18.0 Å². The Bertz CT molecular complexity index is 836. The minimum atomic E-state index is -4.39. The van der Waals surface area contributed by atoms with E-state index in [0.29, 0.717) is 18.7 Å². The summed E-state index contributed by atoms with van der Waals surface area (Å²) in [4.78, 5) is 14.4. The van der Waals surface area contributed by atoms with Crippen LogP contribution in [0.5, 0.6) is 0 Å². The average molecular weight is 392 g/mol. The van der Waals surface area contributed by atoms with E-state index >= 15 is 0 Å². The Hall–Kier alpha value is -2.38. The van der Waals surface area contributed by atoms with E-state index in [-0.39, 0.29) is 11.8 Å². The van der Waals surface area contributed by atoms with Crippen molar-refractivity contribution < 1.29 is 18.0 Å². The molecule has 1 fully saturated rings. The van der Waals surface area contributed by atoms with Crippen LogP contribution in [0.3, 0.4) is 0 Å². The van der Waals surface area contributed by atoms with Gasteiger partial charge in [-0.3, -0.25) is 4.79 Å². The van der Waals surface area contributed by atoms with Crippen molar-refractivity contribution >= 4 is 5.91 Å². The largest absolute Gasteiger partial charge is 0.416 e. The first-order valence-electron chi connectivity index (χ1n) is 9.82. The zero-order valence-corrected chi connectivity index (χ0v) is 15.6. The molecule has 0 N–H and O–H groups in total. The van der Waals surface area contributed by atoms with Crippen molar-refractivity contribution in [3.8, 4) is 0 Å². The lowest BCUT2D eigenvalue weighted by Gasteiger charge is -2.32. The molecule has 0 saturated carbocycles. The number of fused-ring (bicyclic) bond motifs is 1. The molecular formula is C20H23F3N4O. The van der Waals surface area contributed by atoms with Crippen LogP contribution in [0.15, 0.2) is 24.3 Å². The molecule has 5 nitrogen and oxygen atoms in total. The van der Waals surface area contributed by atoms with Gasteiger partial charge in [0.1, 0.15) is 11.6 Å². The van der Waals surface area contributed by atoms with Gasteiger partial charge in [-0.1, -0.05) is 6.42 Å². The number of alkyl halides is 3. The predicted molar refractivity (Wildman–Crippen MR) is 96.9 cm³/mol. The lowest BCUT2D eigenvalue weighted by atomic mass is 9.95. The number of hydrogen-bond donors (Lipinski definition) is 0. The van der Waals surface area contributed by atoms with Crippen LogP contribution in [0.1, 0.15) is 65.6 Å². The van der Waals surface area contributed by atoms with Gasteiger partial charge in [-0.25, -0.2) is 0 Å². The first-order valence-corrected chi connectivity index (χ1v) is 9.82. The molecule has 1 aromatic carbocycles. The Morgan fingerprint density at radius 1 is 0.964 bits per heavy atom. The Morgan fingerprint density at radius 3 is 2.36 bits per heavy atom. The summed E-state index contributed by atoms with van der Waals surface area (Å²) in [6, 6.07) is 4.45. The zero-order chi connectivity index (χ0) is 19.7. The Morgan fingerprint density at radius 2 is 1.68 bits per heavy atom. The van der Waals surface area contributed by atoms with Crippen LogP contribution in [-0.4, -0.2) is 38.7 Å². The van der Waals surface area contributed by atoms with Gasteiger partial charge in [0.2, 0.25) is 0 Å². The van der Waals surface area contributed by atoms with E-state index in [0.717, 1.165) is 62.4 Å². The van der Waals surface area contributed by atoms with E-state index in [1.54, 1.807) is 4.90 Å². The van der Waals surface area contributed by atoms with Gasteiger partial charge in [0.05, 0.1) is 5.56 Å². The first kappa shape index (κ1) is 19.0. The molecule has 1 amide bonds. The first-order chi connectivity index (χ1) is 13.4. The van der Waals surface area contributed by atoms with Crippen molar-refractivity contribution in [2.75, 3.05) is 13.1 Å². The lowest BCUT2D eigenvalue weighted by molar-refractivity contribution is -0.137. The van der Waals surface area contributed by atoms with Gasteiger partial charge < -0.3 is 9.47 Å². The summed E-state index contributed by atoms with van der Waals surface area (Å²) >= 11 is 0. The number of likely N-dealkylation sites (tertiary alicyclic amines) is 1. The van der Waals surface area contributed by atoms with E-state index < -0.39 is 11.7 Å². The maximum absolute atomic E-state index is 12.7. The van der Waals surface area contributed by atoms with Gasteiger partial charge >= 0.3 is 6.18 Å². The summed E-state index contributed by atoms with van der Waals surface area (Å²) in [6.45, 7) is 2.11.